The van der Waals surface area contributed by atoms with Crippen LogP contribution in [-0.2, 0) is 0 Å². The molecule has 1 heterocycles. The number of aliphatic hydroxyl groups excluding tert-OH is 1. The SMILES string of the molecule is OCC1CN(CC2CC2)c2ccccc21. The molecule has 0 amide bonds. The van der Waals surface area contributed by atoms with Crippen LogP contribution in [-0.4, -0.2) is 24.8 Å². The smallest absolute Gasteiger partial charge is 0.0517 e. The molecule has 80 valence electrons. The minimum atomic E-state index is 0.276. The number of para-hydroxylation sites is 1. The minimum Gasteiger partial charge on any atom is -0.396 e. The van der Waals surface area contributed by atoms with Gasteiger partial charge < -0.3 is 10.0 Å². The zero-order valence-electron chi connectivity index (χ0n) is 8.89. The molecule has 0 aromatic heterocycles. The van der Waals surface area contributed by atoms with Gasteiger partial charge in [0.25, 0.3) is 0 Å². The number of benzene rings is 1. The lowest BCUT2D eigenvalue weighted by Gasteiger charge is -2.19. The average Bonchev–Trinajstić information content (AvgIpc) is 3.01. The molecule has 3 rings (SSSR count). The Balaban J connectivity index is 1.87. The number of nitrogens with zero attached hydrogens (tertiary/aromatic N) is 1. The summed E-state index contributed by atoms with van der Waals surface area (Å²) in [5, 5.41) is 9.35. The van der Waals surface area contributed by atoms with Crippen molar-refractivity contribution in [3.05, 3.63) is 29.8 Å². The molecule has 0 saturated heterocycles. The third-order valence-electron chi connectivity index (χ3n) is 3.55. The first-order valence-corrected chi connectivity index (χ1v) is 5.83. The van der Waals surface area contributed by atoms with Crippen LogP contribution in [0.4, 0.5) is 5.69 Å². The van der Waals surface area contributed by atoms with E-state index in [0.717, 1.165) is 12.5 Å². The highest BCUT2D eigenvalue weighted by Gasteiger charge is 2.31. The van der Waals surface area contributed by atoms with Gasteiger partial charge in [-0.25, -0.2) is 0 Å². The topological polar surface area (TPSA) is 23.5 Å². The van der Waals surface area contributed by atoms with Gasteiger partial charge in [-0.3, -0.25) is 0 Å². The highest BCUT2D eigenvalue weighted by atomic mass is 16.3. The van der Waals surface area contributed by atoms with Crippen molar-refractivity contribution in [2.45, 2.75) is 18.8 Å². The molecule has 1 aromatic carbocycles. The Morgan fingerprint density at radius 3 is 2.80 bits per heavy atom. The molecule has 1 atom stereocenters. The third-order valence-corrected chi connectivity index (χ3v) is 3.55. The van der Waals surface area contributed by atoms with Gasteiger partial charge in [0.2, 0.25) is 0 Å². The summed E-state index contributed by atoms with van der Waals surface area (Å²) < 4.78 is 0. The molecular weight excluding hydrogens is 186 g/mol. The second-order valence-electron chi connectivity index (χ2n) is 4.79. The summed E-state index contributed by atoms with van der Waals surface area (Å²) in [5.41, 5.74) is 2.68. The predicted octanol–water partition coefficient (Wildman–Crippen LogP) is 1.99. The number of aliphatic hydroxyl groups is 1. The van der Waals surface area contributed by atoms with Gasteiger partial charge in [0.15, 0.2) is 0 Å². The van der Waals surface area contributed by atoms with E-state index >= 15 is 0 Å². The van der Waals surface area contributed by atoms with Crippen LogP contribution in [0.2, 0.25) is 0 Å². The fourth-order valence-corrected chi connectivity index (χ4v) is 2.52. The quantitative estimate of drug-likeness (QED) is 0.812. The van der Waals surface area contributed by atoms with E-state index in [-0.39, 0.29) is 6.61 Å². The normalized spacial score (nSPS) is 24.3. The Kier molecular flexibility index (Phi) is 2.17. The molecule has 2 nitrogen and oxygen atoms in total. The van der Waals surface area contributed by atoms with E-state index in [9.17, 15) is 5.11 Å². The molecular formula is C13H17NO. The van der Waals surface area contributed by atoms with Crippen LogP contribution in [0.5, 0.6) is 0 Å². The number of fused-ring (bicyclic) bond motifs is 1. The first-order valence-electron chi connectivity index (χ1n) is 5.83. The molecule has 0 bridgehead atoms. The summed E-state index contributed by atoms with van der Waals surface area (Å²) in [6.45, 7) is 2.47. The van der Waals surface area contributed by atoms with Gasteiger partial charge in [0.05, 0.1) is 6.61 Å². The highest BCUT2D eigenvalue weighted by Crippen LogP contribution is 2.39. The van der Waals surface area contributed by atoms with Gasteiger partial charge in [-0.05, 0) is 30.4 Å². The second-order valence-corrected chi connectivity index (χ2v) is 4.79. The first kappa shape index (κ1) is 9.22. The van der Waals surface area contributed by atoms with Crippen LogP contribution in [0.15, 0.2) is 24.3 Å². The van der Waals surface area contributed by atoms with E-state index in [4.69, 9.17) is 0 Å². The van der Waals surface area contributed by atoms with Gasteiger partial charge in [-0.2, -0.15) is 0 Å². The van der Waals surface area contributed by atoms with E-state index in [1.165, 1.54) is 30.6 Å². The molecule has 2 heteroatoms. The molecule has 1 aliphatic heterocycles. The molecule has 1 fully saturated rings. The maximum Gasteiger partial charge on any atom is 0.0517 e. The maximum atomic E-state index is 9.35. The lowest BCUT2D eigenvalue weighted by molar-refractivity contribution is 0.270. The highest BCUT2D eigenvalue weighted by molar-refractivity contribution is 5.60. The second kappa shape index (κ2) is 3.53. The third kappa shape index (κ3) is 1.63. The predicted molar refractivity (Wildman–Crippen MR) is 61.2 cm³/mol. The molecule has 15 heavy (non-hydrogen) atoms. The molecule has 0 radical (unpaired) electrons. The van der Waals surface area contributed by atoms with Crippen LogP contribution in [0, 0.1) is 5.92 Å². The fourth-order valence-electron chi connectivity index (χ4n) is 2.52. The first-order chi connectivity index (χ1) is 7.38. The maximum absolute atomic E-state index is 9.35. The average molecular weight is 203 g/mol. The summed E-state index contributed by atoms with van der Waals surface area (Å²) >= 11 is 0. The largest absolute Gasteiger partial charge is 0.396 e. The molecule has 1 N–H and O–H groups in total. The summed E-state index contributed by atoms with van der Waals surface area (Å²) in [4.78, 5) is 2.45. The van der Waals surface area contributed by atoms with Crippen molar-refractivity contribution in [3.8, 4) is 0 Å². The van der Waals surface area contributed by atoms with Crippen LogP contribution in [0.25, 0.3) is 0 Å². The number of hydrogen-bond donors (Lipinski definition) is 1. The number of anilines is 1. The standard InChI is InChI=1S/C13H17NO/c15-9-11-8-14(7-10-5-6-10)13-4-2-1-3-12(11)13/h1-4,10-11,15H,5-9H2. The van der Waals surface area contributed by atoms with Crippen molar-refractivity contribution in [2.24, 2.45) is 5.92 Å². The zero-order valence-corrected chi connectivity index (χ0v) is 8.89. The van der Waals surface area contributed by atoms with Crippen molar-refractivity contribution >= 4 is 5.69 Å². The Bertz CT molecular complexity index is 359. The van der Waals surface area contributed by atoms with Crippen LogP contribution in [0.3, 0.4) is 0 Å². The Hall–Kier alpha value is -1.02. The van der Waals surface area contributed by atoms with E-state index in [1.807, 2.05) is 0 Å². The lowest BCUT2D eigenvalue weighted by Crippen LogP contribution is -2.25. The van der Waals surface area contributed by atoms with Gasteiger partial charge >= 0.3 is 0 Å². The van der Waals surface area contributed by atoms with Crippen LogP contribution >= 0.6 is 0 Å². The molecule has 2 aliphatic rings. The Labute approximate surface area is 90.5 Å². The van der Waals surface area contributed by atoms with Crippen molar-refractivity contribution in [1.82, 2.24) is 0 Å². The van der Waals surface area contributed by atoms with Crippen molar-refractivity contribution in [1.29, 1.82) is 0 Å². The van der Waals surface area contributed by atoms with E-state index in [1.54, 1.807) is 0 Å². The molecule has 1 saturated carbocycles. The summed E-state index contributed by atoms with van der Waals surface area (Å²) in [7, 11) is 0. The summed E-state index contributed by atoms with van der Waals surface area (Å²) in [5.74, 6) is 1.25. The van der Waals surface area contributed by atoms with Gasteiger partial charge in [0.1, 0.15) is 0 Å². The van der Waals surface area contributed by atoms with Crippen LogP contribution in [0.1, 0.15) is 24.3 Å². The van der Waals surface area contributed by atoms with Crippen LogP contribution < -0.4 is 4.90 Å². The van der Waals surface area contributed by atoms with E-state index < -0.39 is 0 Å². The molecule has 1 aliphatic carbocycles. The Morgan fingerprint density at radius 1 is 1.27 bits per heavy atom. The van der Waals surface area contributed by atoms with E-state index in [2.05, 4.69) is 29.2 Å². The van der Waals surface area contributed by atoms with Gasteiger partial charge in [-0.15, -0.1) is 0 Å². The summed E-state index contributed by atoms with van der Waals surface area (Å²) in [6, 6.07) is 8.51. The van der Waals surface area contributed by atoms with Gasteiger partial charge in [-0.1, -0.05) is 18.2 Å². The Morgan fingerprint density at radius 2 is 2.07 bits per heavy atom. The van der Waals surface area contributed by atoms with Crippen molar-refractivity contribution < 1.29 is 5.11 Å². The van der Waals surface area contributed by atoms with Gasteiger partial charge in [0, 0.05) is 24.7 Å². The number of rotatable bonds is 3. The van der Waals surface area contributed by atoms with Crippen molar-refractivity contribution in [3.63, 3.8) is 0 Å². The fraction of sp³-hybridized carbons (Fsp3) is 0.538. The minimum absolute atomic E-state index is 0.276. The summed E-state index contributed by atoms with van der Waals surface area (Å²) in [6.07, 6.45) is 2.78. The molecule has 1 unspecified atom stereocenters. The van der Waals surface area contributed by atoms with Crippen molar-refractivity contribution in [2.75, 3.05) is 24.6 Å². The van der Waals surface area contributed by atoms with E-state index in [0.29, 0.717) is 5.92 Å². The zero-order chi connectivity index (χ0) is 10.3. The lowest BCUT2D eigenvalue weighted by atomic mass is 10.0. The monoisotopic (exact) mass is 203 g/mol. The molecule has 0 spiro atoms. The molecule has 1 aromatic rings. The number of hydrogen-bond acceptors (Lipinski definition) is 2.